The summed E-state index contributed by atoms with van der Waals surface area (Å²) in [5.41, 5.74) is 2.56. The minimum Gasteiger partial charge on any atom is -0.381 e. The topological polar surface area (TPSA) is 30.5 Å². The Morgan fingerprint density at radius 3 is 2.48 bits per heavy atom. The fourth-order valence-corrected chi connectivity index (χ4v) is 2.56. The molecule has 1 aliphatic heterocycles. The van der Waals surface area contributed by atoms with Gasteiger partial charge in [-0.2, -0.15) is 0 Å². The van der Waals surface area contributed by atoms with Gasteiger partial charge in [0.1, 0.15) is 0 Å². The summed E-state index contributed by atoms with van der Waals surface area (Å²) in [6.07, 6.45) is 2.38. The summed E-state index contributed by atoms with van der Waals surface area (Å²) in [5.74, 6) is 0.644. The summed E-state index contributed by atoms with van der Waals surface area (Å²) in [5, 5.41) is 3.50. The third-order valence-electron chi connectivity index (χ3n) is 4.03. The van der Waals surface area contributed by atoms with E-state index < -0.39 is 0 Å². The minimum absolute atomic E-state index is 0.135. The van der Waals surface area contributed by atoms with E-state index in [1.807, 2.05) is 0 Å². The first-order chi connectivity index (χ1) is 10.1. The monoisotopic (exact) mass is 291 g/mol. The van der Waals surface area contributed by atoms with Crippen molar-refractivity contribution in [3.63, 3.8) is 0 Å². The standard InChI is InChI=1S/C18H29NO2/c1-14(2)19-12-18(17-6-4-15(3)5-7-17)21-13-16-8-10-20-11-9-16/h4-7,14,16,18-19H,8-13H2,1-3H3. The highest BCUT2D eigenvalue weighted by Gasteiger charge is 2.18. The van der Waals surface area contributed by atoms with Gasteiger partial charge in [-0.3, -0.25) is 0 Å². The summed E-state index contributed by atoms with van der Waals surface area (Å²) in [6, 6.07) is 9.17. The molecule has 1 heterocycles. The highest BCUT2D eigenvalue weighted by Crippen LogP contribution is 2.22. The number of hydrogen-bond donors (Lipinski definition) is 1. The number of hydrogen-bond acceptors (Lipinski definition) is 3. The lowest BCUT2D eigenvalue weighted by molar-refractivity contribution is -0.0119. The second kappa shape index (κ2) is 8.52. The van der Waals surface area contributed by atoms with E-state index in [0.29, 0.717) is 12.0 Å². The van der Waals surface area contributed by atoms with Crippen LogP contribution >= 0.6 is 0 Å². The van der Waals surface area contributed by atoms with E-state index in [1.54, 1.807) is 0 Å². The molecule has 2 rings (SSSR count). The molecule has 0 aromatic heterocycles. The van der Waals surface area contributed by atoms with Crippen LogP contribution in [0.5, 0.6) is 0 Å². The molecule has 0 radical (unpaired) electrons. The lowest BCUT2D eigenvalue weighted by atomic mass is 10.0. The highest BCUT2D eigenvalue weighted by molar-refractivity contribution is 5.23. The van der Waals surface area contributed by atoms with Gasteiger partial charge in [0.05, 0.1) is 12.7 Å². The Labute approximate surface area is 129 Å². The molecular formula is C18H29NO2. The fourth-order valence-electron chi connectivity index (χ4n) is 2.56. The lowest BCUT2D eigenvalue weighted by Gasteiger charge is -2.26. The van der Waals surface area contributed by atoms with E-state index in [2.05, 4.69) is 50.4 Å². The molecule has 0 spiro atoms. The molecule has 1 fully saturated rings. The summed E-state index contributed by atoms with van der Waals surface area (Å²) < 4.78 is 11.7. The third-order valence-corrected chi connectivity index (χ3v) is 4.03. The van der Waals surface area contributed by atoms with Gasteiger partial charge in [-0.25, -0.2) is 0 Å². The maximum Gasteiger partial charge on any atom is 0.0949 e. The zero-order chi connectivity index (χ0) is 15.1. The Morgan fingerprint density at radius 1 is 1.19 bits per heavy atom. The molecule has 0 amide bonds. The van der Waals surface area contributed by atoms with Crippen LogP contribution in [-0.2, 0) is 9.47 Å². The summed E-state index contributed by atoms with van der Waals surface area (Å²) in [4.78, 5) is 0. The Bertz CT molecular complexity index is 396. The molecule has 3 nitrogen and oxygen atoms in total. The predicted octanol–water partition coefficient (Wildman–Crippen LogP) is 3.48. The Kier molecular flexibility index (Phi) is 6.68. The molecule has 3 heteroatoms. The molecular weight excluding hydrogens is 262 g/mol. The average molecular weight is 291 g/mol. The van der Waals surface area contributed by atoms with Crippen LogP contribution in [0.1, 0.15) is 43.9 Å². The second-order valence-corrected chi connectivity index (χ2v) is 6.35. The molecule has 1 aromatic carbocycles. The van der Waals surface area contributed by atoms with Gasteiger partial charge in [-0.05, 0) is 31.2 Å². The maximum atomic E-state index is 6.24. The first-order valence-corrected chi connectivity index (χ1v) is 8.14. The molecule has 118 valence electrons. The van der Waals surface area contributed by atoms with Crippen molar-refractivity contribution >= 4 is 0 Å². The van der Waals surface area contributed by atoms with Gasteiger partial charge in [-0.1, -0.05) is 43.7 Å². The van der Waals surface area contributed by atoms with Gasteiger partial charge in [0.25, 0.3) is 0 Å². The minimum atomic E-state index is 0.135. The molecule has 1 N–H and O–H groups in total. The van der Waals surface area contributed by atoms with Crippen LogP contribution in [0.2, 0.25) is 0 Å². The van der Waals surface area contributed by atoms with Crippen molar-refractivity contribution in [2.45, 2.75) is 45.8 Å². The maximum absolute atomic E-state index is 6.24. The van der Waals surface area contributed by atoms with E-state index in [-0.39, 0.29) is 6.10 Å². The molecule has 1 aliphatic rings. The Hall–Kier alpha value is -0.900. The molecule has 21 heavy (non-hydrogen) atoms. The van der Waals surface area contributed by atoms with Crippen molar-refractivity contribution in [3.05, 3.63) is 35.4 Å². The van der Waals surface area contributed by atoms with E-state index in [0.717, 1.165) is 39.2 Å². The van der Waals surface area contributed by atoms with Crippen molar-refractivity contribution in [2.75, 3.05) is 26.4 Å². The Morgan fingerprint density at radius 2 is 1.86 bits per heavy atom. The summed E-state index contributed by atoms with van der Waals surface area (Å²) in [7, 11) is 0. The molecule has 1 atom stereocenters. The van der Waals surface area contributed by atoms with Crippen LogP contribution in [-0.4, -0.2) is 32.4 Å². The molecule has 1 unspecified atom stereocenters. The number of aryl methyl sites for hydroxylation is 1. The number of nitrogens with one attached hydrogen (secondary N) is 1. The number of benzene rings is 1. The predicted molar refractivity (Wildman–Crippen MR) is 86.6 cm³/mol. The van der Waals surface area contributed by atoms with Gasteiger partial charge in [-0.15, -0.1) is 0 Å². The molecule has 1 aromatic rings. The van der Waals surface area contributed by atoms with Crippen LogP contribution in [0.15, 0.2) is 24.3 Å². The first-order valence-electron chi connectivity index (χ1n) is 8.14. The van der Waals surface area contributed by atoms with Crippen LogP contribution in [0.3, 0.4) is 0 Å². The molecule has 0 bridgehead atoms. The van der Waals surface area contributed by atoms with Crippen LogP contribution in [0.25, 0.3) is 0 Å². The smallest absolute Gasteiger partial charge is 0.0949 e. The third kappa shape index (κ3) is 5.77. The van der Waals surface area contributed by atoms with Crippen molar-refractivity contribution in [1.29, 1.82) is 0 Å². The van der Waals surface area contributed by atoms with Crippen LogP contribution in [0, 0.1) is 12.8 Å². The van der Waals surface area contributed by atoms with E-state index in [9.17, 15) is 0 Å². The summed E-state index contributed by atoms with van der Waals surface area (Å²) in [6.45, 7) is 9.93. The van der Waals surface area contributed by atoms with Gasteiger partial charge in [0.2, 0.25) is 0 Å². The van der Waals surface area contributed by atoms with Crippen LogP contribution in [0.4, 0.5) is 0 Å². The van der Waals surface area contributed by atoms with Crippen molar-refractivity contribution < 1.29 is 9.47 Å². The first kappa shape index (κ1) is 16.5. The zero-order valence-electron chi connectivity index (χ0n) is 13.6. The van der Waals surface area contributed by atoms with Crippen molar-refractivity contribution in [1.82, 2.24) is 5.32 Å². The van der Waals surface area contributed by atoms with Gasteiger partial charge in [0, 0.05) is 25.8 Å². The van der Waals surface area contributed by atoms with E-state index >= 15 is 0 Å². The van der Waals surface area contributed by atoms with Crippen LogP contribution < -0.4 is 5.32 Å². The van der Waals surface area contributed by atoms with Crippen molar-refractivity contribution in [2.24, 2.45) is 5.92 Å². The lowest BCUT2D eigenvalue weighted by Crippen LogP contribution is -2.30. The van der Waals surface area contributed by atoms with Crippen molar-refractivity contribution in [3.8, 4) is 0 Å². The van der Waals surface area contributed by atoms with Gasteiger partial charge < -0.3 is 14.8 Å². The van der Waals surface area contributed by atoms with E-state index in [1.165, 1.54) is 11.1 Å². The average Bonchev–Trinajstić information content (AvgIpc) is 2.49. The number of rotatable bonds is 7. The van der Waals surface area contributed by atoms with E-state index in [4.69, 9.17) is 9.47 Å². The molecule has 0 saturated carbocycles. The van der Waals surface area contributed by atoms with Gasteiger partial charge in [0.15, 0.2) is 0 Å². The molecule has 0 aliphatic carbocycles. The zero-order valence-corrected chi connectivity index (χ0v) is 13.6. The SMILES string of the molecule is Cc1ccc(C(CNC(C)C)OCC2CCOCC2)cc1. The number of ether oxygens (including phenoxy) is 2. The summed E-state index contributed by atoms with van der Waals surface area (Å²) >= 11 is 0. The quantitative estimate of drug-likeness (QED) is 0.834. The highest BCUT2D eigenvalue weighted by atomic mass is 16.5. The molecule has 1 saturated heterocycles. The largest absolute Gasteiger partial charge is 0.381 e. The Balaban J connectivity index is 1.92. The van der Waals surface area contributed by atoms with Gasteiger partial charge >= 0.3 is 0 Å². The second-order valence-electron chi connectivity index (χ2n) is 6.35. The fraction of sp³-hybridized carbons (Fsp3) is 0.667. The normalized spacial score (nSPS) is 18.1.